The Kier molecular flexibility index (Phi) is 5.93. The molecule has 0 radical (unpaired) electrons. The summed E-state index contributed by atoms with van der Waals surface area (Å²) >= 11 is 3.80. The van der Waals surface area contributed by atoms with Crippen molar-refractivity contribution >= 4 is 40.3 Å². The van der Waals surface area contributed by atoms with E-state index in [0.717, 1.165) is 19.1 Å². The monoisotopic (exact) mass is 414 g/mol. The van der Waals surface area contributed by atoms with Gasteiger partial charge in [0.2, 0.25) is 0 Å². The second-order valence-electron chi connectivity index (χ2n) is 4.14. The van der Waals surface area contributed by atoms with E-state index in [0.29, 0.717) is 12.2 Å². The van der Waals surface area contributed by atoms with E-state index in [1.165, 1.54) is 0 Å². The van der Waals surface area contributed by atoms with Crippen LogP contribution in [0.15, 0.2) is 52.3 Å². The summed E-state index contributed by atoms with van der Waals surface area (Å²) in [5, 5.41) is 0. The Labute approximate surface area is 142 Å². The van der Waals surface area contributed by atoms with Crippen LogP contribution in [0.1, 0.15) is 17.3 Å². The first-order valence-electron chi connectivity index (χ1n) is 6.42. The molecule has 0 aliphatic rings. The summed E-state index contributed by atoms with van der Waals surface area (Å²) in [5.74, 6) is 0.564. The molecule has 0 saturated carbocycles. The van der Waals surface area contributed by atoms with Gasteiger partial charge in [0.1, 0.15) is 5.75 Å². The van der Waals surface area contributed by atoms with Gasteiger partial charge in [0.05, 0.1) is 19.3 Å². The Morgan fingerprint density at radius 1 is 1.14 bits per heavy atom. The maximum atomic E-state index is 11.8. The van der Waals surface area contributed by atoms with Crippen molar-refractivity contribution in [2.45, 2.75) is 16.7 Å². The van der Waals surface area contributed by atoms with E-state index in [1.54, 1.807) is 25.8 Å². The van der Waals surface area contributed by atoms with Gasteiger partial charge in [-0.05, 0) is 72.0 Å². The Morgan fingerprint density at radius 3 is 2.38 bits per heavy atom. The Hall–Kier alpha value is -1.21. The zero-order valence-corrected chi connectivity index (χ0v) is 14.7. The van der Waals surface area contributed by atoms with Crippen molar-refractivity contribution in [3.8, 4) is 5.75 Å². The van der Waals surface area contributed by atoms with Crippen LogP contribution >= 0.6 is 34.4 Å². The molecule has 0 aliphatic carbocycles. The number of halogens is 1. The molecule has 2 aromatic rings. The molecule has 0 N–H and O–H groups in total. The number of carbonyl (C=O) groups excluding carboxylic acids is 1. The van der Waals surface area contributed by atoms with Crippen molar-refractivity contribution in [2.24, 2.45) is 0 Å². The fourth-order valence-corrected chi connectivity index (χ4v) is 3.52. The molecule has 0 fully saturated rings. The van der Waals surface area contributed by atoms with Crippen molar-refractivity contribution in [3.05, 3.63) is 51.6 Å². The van der Waals surface area contributed by atoms with Crippen LogP contribution < -0.4 is 4.74 Å². The molecule has 0 atom stereocenters. The van der Waals surface area contributed by atoms with Gasteiger partial charge in [-0.1, -0.05) is 11.8 Å². The summed E-state index contributed by atoms with van der Waals surface area (Å²) in [6, 6.07) is 13.6. The van der Waals surface area contributed by atoms with Gasteiger partial charge in [-0.15, -0.1) is 0 Å². The molecule has 0 saturated heterocycles. The van der Waals surface area contributed by atoms with E-state index < -0.39 is 0 Å². The summed E-state index contributed by atoms with van der Waals surface area (Å²) in [4.78, 5) is 14.0. The highest BCUT2D eigenvalue weighted by Crippen LogP contribution is 2.31. The summed E-state index contributed by atoms with van der Waals surface area (Å²) in [5.41, 5.74) is 0.608. The summed E-state index contributed by atoms with van der Waals surface area (Å²) in [6.07, 6.45) is 0. The maximum Gasteiger partial charge on any atom is 0.339 e. The average Bonchev–Trinajstić information content (AvgIpc) is 2.48. The van der Waals surface area contributed by atoms with E-state index >= 15 is 0 Å². The molecule has 110 valence electrons. The lowest BCUT2D eigenvalue weighted by Gasteiger charge is -2.07. The summed E-state index contributed by atoms with van der Waals surface area (Å²) in [7, 11) is 1.65. The zero-order valence-electron chi connectivity index (χ0n) is 11.8. The molecule has 3 nitrogen and oxygen atoms in total. The second kappa shape index (κ2) is 7.70. The SMILES string of the molecule is CCOC(=O)c1ccc(Sc2ccc(OC)cc2)cc1I. The van der Waals surface area contributed by atoms with Gasteiger partial charge in [-0.3, -0.25) is 0 Å². The summed E-state index contributed by atoms with van der Waals surface area (Å²) < 4.78 is 11.1. The lowest BCUT2D eigenvalue weighted by atomic mass is 10.2. The van der Waals surface area contributed by atoms with Crippen LogP contribution in [0.25, 0.3) is 0 Å². The highest BCUT2D eigenvalue weighted by molar-refractivity contribution is 14.1. The molecule has 0 aromatic heterocycles. The van der Waals surface area contributed by atoms with Crippen LogP contribution in [0.3, 0.4) is 0 Å². The summed E-state index contributed by atoms with van der Waals surface area (Å²) in [6.45, 7) is 2.19. The molecule has 0 aliphatic heterocycles. The lowest BCUT2D eigenvalue weighted by molar-refractivity contribution is 0.0525. The van der Waals surface area contributed by atoms with Crippen LogP contribution in [-0.4, -0.2) is 19.7 Å². The fourth-order valence-electron chi connectivity index (χ4n) is 1.71. The van der Waals surface area contributed by atoms with Gasteiger partial charge >= 0.3 is 5.97 Å². The third-order valence-electron chi connectivity index (χ3n) is 2.73. The molecule has 5 heteroatoms. The van der Waals surface area contributed by atoms with E-state index in [4.69, 9.17) is 9.47 Å². The average molecular weight is 414 g/mol. The van der Waals surface area contributed by atoms with Crippen molar-refractivity contribution in [2.75, 3.05) is 13.7 Å². The van der Waals surface area contributed by atoms with Crippen LogP contribution in [0.2, 0.25) is 0 Å². The van der Waals surface area contributed by atoms with E-state index in [1.807, 2.05) is 42.5 Å². The van der Waals surface area contributed by atoms with Crippen molar-refractivity contribution < 1.29 is 14.3 Å². The van der Waals surface area contributed by atoms with E-state index in [9.17, 15) is 4.79 Å². The van der Waals surface area contributed by atoms with Gasteiger partial charge in [0.15, 0.2) is 0 Å². The number of ether oxygens (including phenoxy) is 2. The molecule has 0 unspecified atom stereocenters. The molecule has 0 amide bonds. The largest absolute Gasteiger partial charge is 0.497 e. The number of methoxy groups -OCH3 is 1. The minimum Gasteiger partial charge on any atom is -0.497 e. The van der Waals surface area contributed by atoms with Crippen molar-refractivity contribution in [1.82, 2.24) is 0 Å². The van der Waals surface area contributed by atoms with E-state index in [2.05, 4.69) is 22.6 Å². The maximum absolute atomic E-state index is 11.8. The quantitative estimate of drug-likeness (QED) is 0.528. The molecule has 0 heterocycles. The topological polar surface area (TPSA) is 35.5 Å². The number of carbonyl (C=O) groups is 1. The predicted molar refractivity (Wildman–Crippen MR) is 92.2 cm³/mol. The van der Waals surface area contributed by atoms with Gasteiger partial charge in [0, 0.05) is 13.4 Å². The first-order chi connectivity index (χ1) is 10.1. The zero-order chi connectivity index (χ0) is 15.2. The highest BCUT2D eigenvalue weighted by Gasteiger charge is 2.11. The number of rotatable bonds is 5. The van der Waals surface area contributed by atoms with Crippen molar-refractivity contribution in [3.63, 3.8) is 0 Å². The minimum atomic E-state index is -0.275. The van der Waals surface area contributed by atoms with Crippen LogP contribution in [0.4, 0.5) is 0 Å². The van der Waals surface area contributed by atoms with Crippen molar-refractivity contribution in [1.29, 1.82) is 0 Å². The first kappa shape index (κ1) is 16.2. The van der Waals surface area contributed by atoms with Crippen LogP contribution in [0.5, 0.6) is 5.75 Å². The van der Waals surface area contributed by atoms with E-state index in [-0.39, 0.29) is 5.97 Å². The standard InChI is InChI=1S/C16H15IO3S/c1-3-20-16(18)14-9-8-13(10-15(14)17)21-12-6-4-11(19-2)5-7-12/h4-10H,3H2,1-2H3. The molecule has 2 rings (SSSR count). The fraction of sp³-hybridized carbons (Fsp3) is 0.188. The van der Waals surface area contributed by atoms with Gasteiger partial charge in [-0.2, -0.15) is 0 Å². The third kappa shape index (κ3) is 4.38. The lowest BCUT2D eigenvalue weighted by Crippen LogP contribution is -2.06. The number of hydrogen-bond acceptors (Lipinski definition) is 4. The predicted octanol–water partition coefficient (Wildman–Crippen LogP) is 4.63. The number of hydrogen-bond donors (Lipinski definition) is 0. The minimum absolute atomic E-state index is 0.275. The first-order valence-corrected chi connectivity index (χ1v) is 8.32. The van der Waals surface area contributed by atoms with Crippen LogP contribution in [0, 0.1) is 3.57 Å². The third-order valence-corrected chi connectivity index (χ3v) is 4.62. The molecule has 0 spiro atoms. The second-order valence-corrected chi connectivity index (χ2v) is 6.45. The Bertz CT molecular complexity index is 626. The Balaban J connectivity index is 2.14. The van der Waals surface area contributed by atoms with Gasteiger partial charge < -0.3 is 9.47 Å². The molecule has 0 bridgehead atoms. The highest BCUT2D eigenvalue weighted by atomic mass is 127. The normalized spacial score (nSPS) is 10.2. The number of benzene rings is 2. The van der Waals surface area contributed by atoms with Crippen LogP contribution in [-0.2, 0) is 4.74 Å². The molecular weight excluding hydrogens is 399 g/mol. The molecule has 2 aromatic carbocycles. The van der Waals surface area contributed by atoms with Gasteiger partial charge in [-0.25, -0.2) is 4.79 Å². The molecule has 21 heavy (non-hydrogen) atoms. The smallest absolute Gasteiger partial charge is 0.339 e. The number of esters is 1. The molecular formula is C16H15IO3S. The van der Waals surface area contributed by atoms with Gasteiger partial charge in [0.25, 0.3) is 0 Å². The Morgan fingerprint density at radius 2 is 1.81 bits per heavy atom.